The number of anilines is 1. The Kier molecular flexibility index (Phi) is 4.71. The Labute approximate surface area is 136 Å². The highest BCUT2D eigenvalue weighted by Gasteiger charge is 2.14. The number of aromatic nitrogens is 1. The van der Waals surface area contributed by atoms with Crippen LogP contribution in [0.25, 0.3) is 0 Å². The Balaban J connectivity index is 2.30. The number of hydrogen-bond donors (Lipinski definition) is 2. The third-order valence-electron chi connectivity index (χ3n) is 2.41. The minimum atomic E-state index is -1.10. The zero-order valence-electron chi connectivity index (χ0n) is 9.93. The number of hydrogen-bond acceptors (Lipinski definition) is 3. The standard InChI is InChI=1S/C13H8BrIN2O3/c14-11-3-1-2-10(16-11)12(18)17-9-5-4-7(15)6-8(9)13(19)20/h1-6H,(H,17,18)(H,19,20). The van der Waals surface area contributed by atoms with Crippen molar-refractivity contribution in [3.05, 3.63) is 55.8 Å². The molecule has 0 aliphatic carbocycles. The Bertz CT molecular complexity index is 691. The molecule has 0 unspecified atom stereocenters. The van der Waals surface area contributed by atoms with E-state index in [4.69, 9.17) is 5.11 Å². The number of carbonyl (C=O) groups is 2. The van der Waals surface area contributed by atoms with Gasteiger partial charge in [-0.15, -0.1) is 0 Å². The molecule has 0 saturated carbocycles. The van der Waals surface area contributed by atoms with Crippen LogP contribution in [-0.2, 0) is 0 Å². The predicted octanol–water partition coefficient (Wildman–Crippen LogP) is 3.40. The third kappa shape index (κ3) is 3.54. The first-order valence-electron chi connectivity index (χ1n) is 5.44. The summed E-state index contributed by atoms with van der Waals surface area (Å²) in [5, 5.41) is 11.7. The first-order chi connectivity index (χ1) is 9.47. The molecule has 0 radical (unpaired) electrons. The fourth-order valence-electron chi connectivity index (χ4n) is 1.52. The van der Waals surface area contributed by atoms with Crippen molar-refractivity contribution in [2.45, 2.75) is 0 Å². The van der Waals surface area contributed by atoms with Crippen LogP contribution in [0.2, 0.25) is 0 Å². The molecule has 2 aromatic rings. The quantitative estimate of drug-likeness (QED) is 0.559. The lowest BCUT2D eigenvalue weighted by molar-refractivity contribution is 0.0698. The first kappa shape index (κ1) is 14.9. The fourth-order valence-corrected chi connectivity index (χ4v) is 2.36. The monoisotopic (exact) mass is 446 g/mol. The van der Waals surface area contributed by atoms with E-state index >= 15 is 0 Å². The second-order valence-electron chi connectivity index (χ2n) is 3.79. The van der Waals surface area contributed by atoms with Crippen molar-refractivity contribution in [2.75, 3.05) is 5.32 Å². The summed E-state index contributed by atoms with van der Waals surface area (Å²) in [6.07, 6.45) is 0. The van der Waals surface area contributed by atoms with E-state index in [0.717, 1.165) is 3.57 Å². The fraction of sp³-hybridized carbons (Fsp3) is 0. The maximum absolute atomic E-state index is 12.0. The van der Waals surface area contributed by atoms with Crippen LogP contribution in [0.3, 0.4) is 0 Å². The Morgan fingerprint density at radius 3 is 2.65 bits per heavy atom. The first-order valence-corrected chi connectivity index (χ1v) is 7.31. The minimum Gasteiger partial charge on any atom is -0.478 e. The van der Waals surface area contributed by atoms with Crippen molar-refractivity contribution in [1.29, 1.82) is 0 Å². The lowest BCUT2D eigenvalue weighted by atomic mass is 10.1. The summed E-state index contributed by atoms with van der Waals surface area (Å²) in [4.78, 5) is 27.2. The van der Waals surface area contributed by atoms with E-state index in [-0.39, 0.29) is 16.9 Å². The van der Waals surface area contributed by atoms with Gasteiger partial charge in [-0.3, -0.25) is 4.79 Å². The normalized spacial score (nSPS) is 10.1. The number of pyridine rings is 1. The molecule has 1 heterocycles. The maximum Gasteiger partial charge on any atom is 0.337 e. The van der Waals surface area contributed by atoms with Gasteiger partial charge < -0.3 is 10.4 Å². The van der Waals surface area contributed by atoms with Crippen LogP contribution >= 0.6 is 38.5 Å². The van der Waals surface area contributed by atoms with Gasteiger partial charge in [0.05, 0.1) is 11.3 Å². The summed E-state index contributed by atoms with van der Waals surface area (Å²) in [5.41, 5.74) is 0.485. The van der Waals surface area contributed by atoms with Gasteiger partial charge in [0.2, 0.25) is 0 Å². The van der Waals surface area contributed by atoms with Crippen LogP contribution in [0.15, 0.2) is 41.0 Å². The molecule has 0 aliphatic rings. The van der Waals surface area contributed by atoms with Crippen LogP contribution in [0.5, 0.6) is 0 Å². The molecule has 0 spiro atoms. The van der Waals surface area contributed by atoms with Gasteiger partial charge in [-0.05, 0) is 68.9 Å². The molecule has 2 rings (SSSR count). The van der Waals surface area contributed by atoms with Gasteiger partial charge in [-0.25, -0.2) is 9.78 Å². The van der Waals surface area contributed by atoms with E-state index in [2.05, 4.69) is 26.2 Å². The van der Waals surface area contributed by atoms with Crippen molar-refractivity contribution in [2.24, 2.45) is 0 Å². The number of aromatic carboxylic acids is 1. The van der Waals surface area contributed by atoms with E-state index in [1.165, 1.54) is 6.07 Å². The maximum atomic E-state index is 12.0. The van der Waals surface area contributed by atoms with E-state index in [9.17, 15) is 9.59 Å². The predicted molar refractivity (Wildman–Crippen MR) is 86.0 cm³/mol. The molecule has 5 nitrogen and oxygen atoms in total. The van der Waals surface area contributed by atoms with E-state index < -0.39 is 11.9 Å². The number of benzene rings is 1. The van der Waals surface area contributed by atoms with Gasteiger partial charge in [-0.1, -0.05) is 6.07 Å². The van der Waals surface area contributed by atoms with Crippen LogP contribution in [0.1, 0.15) is 20.8 Å². The van der Waals surface area contributed by atoms with Gasteiger partial charge in [0.1, 0.15) is 10.3 Å². The molecule has 1 aromatic carbocycles. The molecule has 0 saturated heterocycles. The summed E-state index contributed by atoms with van der Waals surface area (Å²) in [5.74, 6) is -1.56. The summed E-state index contributed by atoms with van der Waals surface area (Å²) >= 11 is 5.19. The number of nitrogens with zero attached hydrogens (tertiary/aromatic N) is 1. The largest absolute Gasteiger partial charge is 0.478 e. The van der Waals surface area contributed by atoms with Gasteiger partial charge in [0.25, 0.3) is 5.91 Å². The lowest BCUT2D eigenvalue weighted by Crippen LogP contribution is -2.16. The molecule has 102 valence electrons. The average Bonchev–Trinajstić information content (AvgIpc) is 2.40. The number of amides is 1. The molecular formula is C13H8BrIN2O3. The number of carbonyl (C=O) groups excluding carboxylic acids is 1. The van der Waals surface area contributed by atoms with Gasteiger partial charge >= 0.3 is 5.97 Å². The van der Waals surface area contributed by atoms with Crippen molar-refractivity contribution in [1.82, 2.24) is 4.98 Å². The topological polar surface area (TPSA) is 79.3 Å². The lowest BCUT2D eigenvalue weighted by Gasteiger charge is -2.08. The smallest absolute Gasteiger partial charge is 0.337 e. The Hall–Kier alpha value is -1.48. The molecule has 0 aliphatic heterocycles. The summed E-state index contributed by atoms with van der Waals surface area (Å²) in [6.45, 7) is 0. The van der Waals surface area contributed by atoms with E-state index in [1.54, 1.807) is 30.3 Å². The number of rotatable bonds is 3. The zero-order chi connectivity index (χ0) is 14.7. The molecule has 1 amide bonds. The molecule has 20 heavy (non-hydrogen) atoms. The third-order valence-corrected chi connectivity index (χ3v) is 3.52. The van der Waals surface area contributed by atoms with Crippen LogP contribution in [0, 0.1) is 3.57 Å². The summed E-state index contributed by atoms with van der Waals surface area (Å²) in [7, 11) is 0. The highest BCUT2D eigenvalue weighted by Crippen LogP contribution is 2.20. The summed E-state index contributed by atoms with van der Waals surface area (Å²) < 4.78 is 1.31. The van der Waals surface area contributed by atoms with Crippen molar-refractivity contribution >= 4 is 56.1 Å². The van der Waals surface area contributed by atoms with Crippen molar-refractivity contribution < 1.29 is 14.7 Å². The molecule has 0 atom stereocenters. The molecule has 0 bridgehead atoms. The Morgan fingerprint density at radius 1 is 1.25 bits per heavy atom. The molecular weight excluding hydrogens is 439 g/mol. The van der Waals surface area contributed by atoms with Gasteiger partial charge in [0.15, 0.2) is 0 Å². The number of carboxylic acid groups (broad SMARTS) is 1. The SMILES string of the molecule is O=C(Nc1ccc(I)cc1C(=O)O)c1cccc(Br)n1. The van der Waals surface area contributed by atoms with E-state index in [0.29, 0.717) is 4.60 Å². The van der Waals surface area contributed by atoms with Crippen LogP contribution < -0.4 is 5.32 Å². The Morgan fingerprint density at radius 2 is 2.00 bits per heavy atom. The van der Waals surface area contributed by atoms with Crippen molar-refractivity contribution in [3.63, 3.8) is 0 Å². The highest BCUT2D eigenvalue weighted by molar-refractivity contribution is 14.1. The average molecular weight is 447 g/mol. The minimum absolute atomic E-state index is 0.0419. The molecule has 2 N–H and O–H groups in total. The molecule has 1 aromatic heterocycles. The second kappa shape index (κ2) is 6.31. The zero-order valence-corrected chi connectivity index (χ0v) is 13.7. The number of carboxylic acids is 1. The van der Waals surface area contributed by atoms with Gasteiger partial charge in [-0.2, -0.15) is 0 Å². The van der Waals surface area contributed by atoms with Crippen molar-refractivity contribution in [3.8, 4) is 0 Å². The van der Waals surface area contributed by atoms with Crippen LogP contribution in [0.4, 0.5) is 5.69 Å². The highest BCUT2D eigenvalue weighted by atomic mass is 127. The van der Waals surface area contributed by atoms with Gasteiger partial charge in [0, 0.05) is 3.57 Å². The molecule has 0 fully saturated rings. The van der Waals surface area contributed by atoms with Crippen LogP contribution in [-0.4, -0.2) is 22.0 Å². The van der Waals surface area contributed by atoms with E-state index in [1.807, 2.05) is 22.6 Å². The second-order valence-corrected chi connectivity index (χ2v) is 5.85. The number of halogens is 2. The number of nitrogens with one attached hydrogen (secondary N) is 1. The summed E-state index contributed by atoms with van der Waals surface area (Å²) in [6, 6.07) is 9.69. The molecule has 7 heteroatoms.